The predicted molar refractivity (Wildman–Crippen MR) is 107 cm³/mol. The number of benzene rings is 2. The third kappa shape index (κ3) is 5.66. The summed E-state index contributed by atoms with van der Waals surface area (Å²) in [6.45, 7) is 6.98. The van der Waals surface area contributed by atoms with Crippen LogP contribution in [0.5, 0.6) is 5.75 Å². The molecule has 1 aliphatic carbocycles. The Bertz CT molecular complexity index is 752. The predicted octanol–water partition coefficient (Wildman–Crippen LogP) is 7.27. The van der Waals surface area contributed by atoms with Crippen LogP contribution in [0, 0.1) is 11.3 Å². The minimum absolute atomic E-state index is 0.208. The molecule has 152 valence electrons. The van der Waals surface area contributed by atoms with E-state index in [1.54, 1.807) is 12.1 Å². The lowest BCUT2D eigenvalue weighted by Crippen LogP contribution is -2.31. The molecule has 0 unspecified atom stereocenters. The molecule has 0 aliphatic heterocycles. The Kier molecular flexibility index (Phi) is 5.92. The van der Waals surface area contributed by atoms with Gasteiger partial charge in [-0.2, -0.15) is 0 Å². The van der Waals surface area contributed by atoms with Gasteiger partial charge in [0.05, 0.1) is 0 Å². The highest BCUT2D eigenvalue weighted by atomic mass is 19.4. The highest BCUT2D eigenvalue weighted by Crippen LogP contribution is 2.38. The maximum atomic E-state index is 12.3. The largest absolute Gasteiger partial charge is 0.573 e. The first kappa shape index (κ1) is 20.6. The zero-order valence-electron chi connectivity index (χ0n) is 16.6. The van der Waals surface area contributed by atoms with Crippen molar-refractivity contribution in [2.24, 2.45) is 11.3 Å². The van der Waals surface area contributed by atoms with E-state index in [2.05, 4.69) is 30.8 Å². The lowest BCUT2D eigenvalue weighted by molar-refractivity contribution is -0.274. The van der Waals surface area contributed by atoms with E-state index < -0.39 is 6.36 Å². The van der Waals surface area contributed by atoms with E-state index in [0.29, 0.717) is 11.5 Å². The normalized spacial score (nSPS) is 20.6. The average Bonchev–Trinajstić information content (AvgIpc) is 2.61. The van der Waals surface area contributed by atoms with E-state index in [9.17, 15) is 13.2 Å². The molecular formula is C23H28F3NO. The summed E-state index contributed by atoms with van der Waals surface area (Å²) >= 11 is 0. The van der Waals surface area contributed by atoms with Crippen LogP contribution >= 0.6 is 0 Å². The van der Waals surface area contributed by atoms with Crippen LogP contribution in [0.4, 0.5) is 18.9 Å². The van der Waals surface area contributed by atoms with E-state index >= 15 is 0 Å². The molecule has 0 bridgehead atoms. The Balaban J connectivity index is 1.57. The Morgan fingerprint density at radius 2 is 1.29 bits per heavy atom. The number of rotatable bonds is 4. The fraction of sp³-hybridized carbons (Fsp3) is 0.478. The van der Waals surface area contributed by atoms with Gasteiger partial charge in [-0.15, -0.1) is 13.2 Å². The Morgan fingerprint density at radius 3 is 1.75 bits per heavy atom. The monoisotopic (exact) mass is 391 g/mol. The van der Waals surface area contributed by atoms with Crippen molar-refractivity contribution in [1.82, 2.24) is 0 Å². The van der Waals surface area contributed by atoms with Gasteiger partial charge >= 0.3 is 6.36 Å². The van der Waals surface area contributed by atoms with Crippen molar-refractivity contribution in [2.45, 2.75) is 58.9 Å². The van der Waals surface area contributed by atoms with Gasteiger partial charge in [-0.1, -0.05) is 45.0 Å². The fourth-order valence-corrected chi connectivity index (χ4v) is 3.95. The highest BCUT2D eigenvalue weighted by molar-refractivity contribution is 5.66. The molecule has 28 heavy (non-hydrogen) atoms. The molecular weight excluding hydrogens is 363 g/mol. The summed E-state index contributed by atoms with van der Waals surface area (Å²) in [5.41, 5.74) is 3.28. The summed E-state index contributed by atoms with van der Waals surface area (Å²) in [6, 6.07) is 14.5. The standard InChI is InChI=1S/C23H28F3NO/c1-22(2,3)18-8-12-20(13-9-18)27-19-10-4-16(5-11-19)17-6-14-21(15-7-17)28-23(24,25)26/h4-7,10-11,14-15,18,20,27H,8-9,12-13H2,1-3H3/t18-,20-. The lowest BCUT2D eigenvalue weighted by Gasteiger charge is -2.37. The van der Waals surface area contributed by atoms with E-state index in [-0.39, 0.29) is 5.75 Å². The third-order valence-corrected chi connectivity index (χ3v) is 5.63. The molecule has 2 aromatic rings. The summed E-state index contributed by atoms with van der Waals surface area (Å²) in [6.07, 6.45) is 0.215. The highest BCUT2D eigenvalue weighted by Gasteiger charge is 2.31. The van der Waals surface area contributed by atoms with Gasteiger partial charge in [0.25, 0.3) is 0 Å². The summed E-state index contributed by atoms with van der Waals surface area (Å²) in [5, 5.41) is 3.62. The maximum Gasteiger partial charge on any atom is 0.573 e. The number of hydrogen-bond donors (Lipinski definition) is 1. The van der Waals surface area contributed by atoms with Crippen LogP contribution in [0.3, 0.4) is 0 Å². The van der Waals surface area contributed by atoms with Gasteiger partial charge in [-0.25, -0.2) is 0 Å². The number of alkyl halides is 3. The molecule has 1 aliphatic rings. The van der Waals surface area contributed by atoms with Crippen LogP contribution in [0.15, 0.2) is 48.5 Å². The molecule has 0 amide bonds. The van der Waals surface area contributed by atoms with Crippen molar-refractivity contribution < 1.29 is 17.9 Å². The number of nitrogens with one attached hydrogen (secondary N) is 1. The van der Waals surface area contributed by atoms with E-state index in [4.69, 9.17) is 0 Å². The zero-order chi connectivity index (χ0) is 20.4. The van der Waals surface area contributed by atoms with Crippen molar-refractivity contribution in [3.05, 3.63) is 48.5 Å². The van der Waals surface area contributed by atoms with Crippen LogP contribution < -0.4 is 10.1 Å². The van der Waals surface area contributed by atoms with Gasteiger partial charge in [-0.05, 0) is 72.4 Å². The van der Waals surface area contributed by atoms with Crippen molar-refractivity contribution in [1.29, 1.82) is 0 Å². The zero-order valence-corrected chi connectivity index (χ0v) is 16.6. The van der Waals surface area contributed by atoms with Gasteiger partial charge < -0.3 is 10.1 Å². The number of hydrogen-bond acceptors (Lipinski definition) is 2. The first-order valence-electron chi connectivity index (χ1n) is 9.83. The van der Waals surface area contributed by atoms with Crippen LogP contribution in [-0.2, 0) is 0 Å². The van der Waals surface area contributed by atoms with E-state index in [1.807, 2.05) is 24.3 Å². The molecule has 2 aromatic carbocycles. The second-order valence-electron chi connectivity index (χ2n) is 8.71. The van der Waals surface area contributed by atoms with Crippen molar-refractivity contribution >= 4 is 5.69 Å². The van der Waals surface area contributed by atoms with Crippen LogP contribution in [0.25, 0.3) is 11.1 Å². The van der Waals surface area contributed by atoms with Gasteiger partial charge in [0.15, 0.2) is 0 Å². The molecule has 0 saturated heterocycles. The molecule has 0 radical (unpaired) electrons. The maximum absolute atomic E-state index is 12.3. The SMILES string of the molecule is CC(C)(C)[C@H]1CC[C@H](Nc2ccc(-c3ccc(OC(F)(F)F)cc3)cc2)CC1. The molecule has 3 rings (SSSR count). The van der Waals surface area contributed by atoms with Crippen LogP contribution in [0.2, 0.25) is 0 Å². The Labute approximate surface area is 165 Å². The van der Waals surface area contributed by atoms with Crippen molar-refractivity contribution in [3.8, 4) is 16.9 Å². The molecule has 5 heteroatoms. The summed E-state index contributed by atoms with van der Waals surface area (Å²) in [7, 11) is 0. The van der Waals surface area contributed by atoms with Crippen molar-refractivity contribution in [2.75, 3.05) is 5.32 Å². The van der Waals surface area contributed by atoms with Gasteiger partial charge in [0, 0.05) is 11.7 Å². The molecule has 1 fully saturated rings. The van der Waals surface area contributed by atoms with Crippen LogP contribution in [-0.4, -0.2) is 12.4 Å². The van der Waals surface area contributed by atoms with Crippen molar-refractivity contribution in [3.63, 3.8) is 0 Å². The Hall–Kier alpha value is -2.17. The fourth-order valence-electron chi connectivity index (χ4n) is 3.95. The molecule has 0 heterocycles. The first-order chi connectivity index (χ1) is 13.1. The topological polar surface area (TPSA) is 21.3 Å². The van der Waals surface area contributed by atoms with E-state index in [0.717, 1.165) is 22.7 Å². The van der Waals surface area contributed by atoms with Crippen LogP contribution in [0.1, 0.15) is 46.5 Å². The molecule has 2 nitrogen and oxygen atoms in total. The Morgan fingerprint density at radius 1 is 0.786 bits per heavy atom. The second kappa shape index (κ2) is 8.06. The minimum Gasteiger partial charge on any atom is -0.406 e. The quantitative estimate of drug-likeness (QED) is 0.592. The molecule has 0 atom stereocenters. The molecule has 0 spiro atoms. The molecule has 1 saturated carbocycles. The number of ether oxygens (including phenoxy) is 1. The van der Waals surface area contributed by atoms with Gasteiger partial charge in [0.1, 0.15) is 5.75 Å². The van der Waals surface area contributed by atoms with Gasteiger partial charge in [0.2, 0.25) is 0 Å². The molecule has 0 aromatic heterocycles. The third-order valence-electron chi connectivity index (χ3n) is 5.63. The average molecular weight is 391 g/mol. The summed E-state index contributed by atoms with van der Waals surface area (Å²) in [5.74, 6) is 0.581. The smallest absolute Gasteiger partial charge is 0.406 e. The summed E-state index contributed by atoms with van der Waals surface area (Å²) in [4.78, 5) is 0. The van der Waals surface area contributed by atoms with E-state index in [1.165, 1.54) is 37.8 Å². The minimum atomic E-state index is -4.67. The number of halogens is 3. The second-order valence-corrected chi connectivity index (χ2v) is 8.71. The molecule has 1 N–H and O–H groups in total. The number of anilines is 1. The summed E-state index contributed by atoms with van der Waals surface area (Å²) < 4.78 is 40.7. The first-order valence-corrected chi connectivity index (χ1v) is 9.83. The lowest BCUT2D eigenvalue weighted by atomic mass is 9.71. The van der Waals surface area contributed by atoms with Gasteiger partial charge in [-0.3, -0.25) is 0 Å².